The highest BCUT2D eigenvalue weighted by Gasteiger charge is 2.20. The van der Waals surface area contributed by atoms with E-state index in [4.69, 9.17) is 19.9 Å². The van der Waals surface area contributed by atoms with Crippen molar-refractivity contribution in [3.05, 3.63) is 66.5 Å². The van der Waals surface area contributed by atoms with Crippen molar-refractivity contribution >= 4 is 11.5 Å². The van der Waals surface area contributed by atoms with Gasteiger partial charge in [-0.25, -0.2) is 9.67 Å². The van der Waals surface area contributed by atoms with Crippen LogP contribution < -0.4 is 4.90 Å². The Balaban J connectivity index is 1.49. The molecule has 0 saturated carbocycles. The first-order valence-corrected chi connectivity index (χ1v) is 11.0. The molecule has 9 nitrogen and oxygen atoms in total. The zero-order chi connectivity index (χ0) is 22.4. The minimum atomic E-state index is 0.689. The summed E-state index contributed by atoms with van der Waals surface area (Å²) in [6.45, 7) is 4.96. The molecule has 1 aromatic carbocycles. The van der Waals surface area contributed by atoms with E-state index in [9.17, 15) is 0 Å². The van der Waals surface area contributed by atoms with Crippen LogP contribution >= 0.6 is 0 Å². The average molecular weight is 441 g/mol. The van der Waals surface area contributed by atoms with E-state index in [2.05, 4.69) is 22.1 Å². The van der Waals surface area contributed by atoms with Crippen LogP contribution in [-0.2, 0) is 11.8 Å². The van der Waals surface area contributed by atoms with Gasteiger partial charge in [0.2, 0.25) is 0 Å². The third-order valence-corrected chi connectivity index (χ3v) is 5.89. The van der Waals surface area contributed by atoms with Crippen molar-refractivity contribution in [2.75, 3.05) is 31.2 Å². The third-order valence-electron chi connectivity index (χ3n) is 5.89. The molecule has 0 amide bonds. The molecule has 0 N–H and O–H groups in total. The van der Waals surface area contributed by atoms with Crippen LogP contribution in [0.4, 0.5) is 5.82 Å². The van der Waals surface area contributed by atoms with E-state index in [1.165, 1.54) is 0 Å². The van der Waals surface area contributed by atoms with Gasteiger partial charge in [0.15, 0.2) is 11.5 Å². The Morgan fingerprint density at radius 3 is 2.45 bits per heavy atom. The largest absolute Gasteiger partial charge is 0.378 e. The Morgan fingerprint density at radius 2 is 1.70 bits per heavy atom. The van der Waals surface area contributed by atoms with E-state index >= 15 is 0 Å². The first kappa shape index (κ1) is 19.7. The van der Waals surface area contributed by atoms with E-state index in [1.807, 2.05) is 76.5 Å². The molecule has 0 radical (unpaired) electrons. The highest BCUT2D eigenvalue weighted by atomic mass is 16.5. The average Bonchev–Trinajstić information content (AvgIpc) is 3.57. The van der Waals surface area contributed by atoms with Gasteiger partial charge >= 0.3 is 0 Å². The zero-order valence-corrected chi connectivity index (χ0v) is 18.6. The number of hydrogen-bond donors (Lipinski definition) is 0. The van der Waals surface area contributed by atoms with Gasteiger partial charge in [0, 0.05) is 44.0 Å². The van der Waals surface area contributed by atoms with Crippen molar-refractivity contribution in [3.8, 4) is 28.5 Å². The van der Waals surface area contributed by atoms with E-state index in [0.717, 1.165) is 58.7 Å². The van der Waals surface area contributed by atoms with Gasteiger partial charge in [-0.15, -0.1) is 0 Å². The third kappa shape index (κ3) is 3.56. The summed E-state index contributed by atoms with van der Waals surface area (Å²) in [6.07, 6.45) is 1.95. The molecular formula is C24H24N8O. The summed E-state index contributed by atoms with van der Waals surface area (Å²) in [4.78, 5) is 7.19. The van der Waals surface area contributed by atoms with Gasteiger partial charge in [0.25, 0.3) is 0 Å². The molecule has 1 aliphatic heterocycles. The van der Waals surface area contributed by atoms with Crippen LogP contribution in [0.5, 0.6) is 0 Å². The lowest BCUT2D eigenvalue weighted by Crippen LogP contribution is -2.37. The number of hydrogen-bond acceptors (Lipinski definition) is 6. The molecule has 1 fully saturated rings. The fourth-order valence-corrected chi connectivity index (χ4v) is 4.27. The molecule has 5 aromatic rings. The minimum Gasteiger partial charge on any atom is -0.378 e. The molecular weight excluding hydrogens is 416 g/mol. The van der Waals surface area contributed by atoms with Gasteiger partial charge in [-0.05, 0) is 19.1 Å². The summed E-state index contributed by atoms with van der Waals surface area (Å²) in [5, 5.41) is 14.2. The molecule has 166 valence electrons. The molecule has 0 spiro atoms. The molecule has 0 bridgehead atoms. The van der Waals surface area contributed by atoms with Gasteiger partial charge in [0.05, 0.1) is 30.3 Å². The van der Waals surface area contributed by atoms with Crippen molar-refractivity contribution in [1.82, 2.24) is 34.2 Å². The summed E-state index contributed by atoms with van der Waals surface area (Å²) in [5.41, 5.74) is 5.49. The molecule has 0 atom stereocenters. The second kappa shape index (κ2) is 7.86. The van der Waals surface area contributed by atoms with E-state index in [0.29, 0.717) is 13.2 Å². The number of rotatable bonds is 4. The number of fused-ring (bicyclic) bond motifs is 1. The first-order valence-electron chi connectivity index (χ1n) is 11.0. The Labute approximate surface area is 190 Å². The number of anilines is 1. The molecule has 1 aliphatic rings. The highest BCUT2D eigenvalue weighted by Crippen LogP contribution is 2.26. The number of nitrogens with zero attached hydrogens (tertiary/aromatic N) is 8. The monoisotopic (exact) mass is 440 g/mol. The van der Waals surface area contributed by atoms with Gasteiger partial charge in [-0.2, -0.15) is 19.8 Å². The van der Waals surface area contributed by atoms with Gasteiger partial charge in [-0.1, -0.05) is 30.3 Å². The number of aryl methyl sites for hydroxylation is 2. The van der Waals surface area contributed by atoms with Crippen molar-refractivity contribution < 1.29 is 4.74 Å². The Kier molecular flexibility index (Phi) is 4.69. The normalized spacial score (nSPS) is 14.3. The molecule has 9 heteroatoms. The van der Waals surface area contributed by atoms with Gasteiger partial charge in [-0.3, -0.25) is 4.68 Å². The van der Waals surface area contributed by atoms with E-state index < -0.39 is 0 Å². The van der Waals surface area contributed by atoms with E-state index in [1.54, 1.807) is 0 Å². The van der Waals surface area contributed by atoms with Crippen LogP contribution in [0.15, 0.2) is 60.8 Å². The predicted octanol–water partition coefficient (Wildman–Crippen LogP) is 3.13. The second-order valence-corrected chi connectivity index (χ2v) is 8.18. The van der Waals surface area contributed by atoms with Crippen molar-refractivity contribution in [1.29, 1.82) is 0 Å². The van der Waals surface area contributed by atoms with Crippen molar-refractivity contribution in [2.45, 2.75) is 6.92 Å². The molecule has 1 saturated heterocycles. The maximum absolute atomic E-state index is 5.58. The summed E-state index contributed by atoms with van der Waals surface area (Å²) in [6, 6.07) is 18.3. The number of morpholine rings is 1. The smallest absolute Gasteiger partial charge is 0.160 e. The van der Waals surface area contributed by atoms with Gasteiger partial charge in [0.1, 0.15) is 11.5 Å². The van der Waals surface area contributed by atoms with Crippen LogP contribution in [0.25, 0.3) is 34.1 Å². The molecule has 4 aromatic heterocycles. The molecule has 0 aliphatic carbocycles. The zero-order valence-electron chi connectivity index (χ0n) is 18.6. The Bertz CT molecular complexity index is 1430. The summed E-state index contributed by atoms with van der Waals surface area (Å²) >= 11 is 0. The first-order chi connectivity index (χ1) is 16.2. The lowest BCUT2D eigenvalue weighted by atomic mass is 10.2. The number of ether oxygens (including phenoxy) is 1. The van der Waals surface area contributed by atoms with Crippen LogP contribution in [0.3, 0.4) is 0 Å². The maximum Gasteiger partial charge on any atom is 0.160 e. The lowest BCUT2D eigenvalue weighted by Gasteiger charge is -2.29. The van der Waals surface area contributed by atoms with Gasteiger partial charge < -0.3 is 9.64 Å². The van der Waals surface area contributed by atoms with Crippen molar-refractivity contribution in [2.24, 2.45) is 7.05 Å². The van der Waals surface area contributed by atoms with Crippen LogP contribution in [0.2, 0.25) is 0 Å². The minimum absolute atomic E-state index is 0.689. The van der Waals surface area contributed by atoms with Crippen molar-refractivity contribution in [3.63, 3.8) is 0 Å². The van der Waals surface area contributed by atoms with Crippen LogP contribution in [-0.4, -0.2) is 60.5 Å². The molecule has 33 heavy (non-hydrogen) atoms. The fraction of sp³-hybridized carbons (Fsp3) is 0.250. The fourth-order valence-electron chi connectivity index (χ4n) is 4.27. The number of benzene rings is 1. The topological polar surface area (TPSA) is 78.3 Å². The second-order valence-electron chi connectivity index (χ2n) is 8.18. The lowest BCUT2D eigenvalue weighted by molar-refractivity contribution is 0.122. The van der Waals surface area contributed by atoms with Crippen LogP contribution in [0, 0.1) is 6.92 Å². The summed E-state index contributed by atoms with van der Waals surface area (Å²) in [7, 11) is 1.93. The van der Waals surface area contributed by atoms with E-state index in [-0.39, 0.29) is 0 Å². The maximum atomic E-state index is 5.58. The summed E-state index contributed by atoms with van der Waals surface area (Å²) in [5.74, 6) is 1.72. The summed E-state index contributed by atoms with van der Waals surface area (Å²) < 4.78 is 11.2. The Hall–Kier alpha value is -3.98. The molecule has 6 rings (SSSR count). The van der Waals surface area contributed by atoms with Crippen LogP contribution in [0.1, 0.15) is 5.69 Å². The highest BCUT2D eigenvalue weighted by molar-refractivity contribution is 5.65. The molecule has 5 heterocycles. The molecule has 0 unspecified atom stereocenters. The standard InChI is InChI=1S/C24H24N8O/c1-17-14-21(29(2)26-17)20-15-23-25-22(16-24(32(23)28-20)30-10-12-33-13-11-30)31-9-8-19(27-31)18-6-4-3-5-7-18/h3-9,14-16H,10-13H2,1-2H3. The number of aromatic nitrogens is 7. The Morgan fingerprint density at radius 1 is 0.879 bits per heavy atom. The quantitative estimate of drug-likeness (QED) is 0.427. The SMILES string of the molecule is Cc1cc(-c2cc3nc(-n4ccc(-c5ccccc5)n4)cc(N4CCOCC4)n3n2)n(C)n1. The predicted molar refractivity (Wildman–Crippen MR) is 126 cm³/mol.